The zero-order valence-electron chi connectivity index (χ0n) is 11.8. The summed E-state index contributed by atoms with van der Waals surface area (Å²) in [7, 11) is 0. The number of rotatable bonds is 4. The Balaban J connectivity index is 2.90. The first kappa shape index (κ1) is 14.4. The van der Waals surface area contributed by atoms with E-state index in [4.69, 9.17) is 0 Å². The van der Waals surface area contributed by atoms with Gasteiger partial charge >= 0.3 is 0 Å². The molecule has 1 rings (SSSR count). The van der Waals surface area contributed by atoms with Gasteiger partial charge in [0.15, 0.2) is 0 Å². The van der Waals surface area contributed by atoms with E-state index in [0.29, 0.717) is 18.2 Å². The monoisotopic (exact) mass is 250 g/mol. The second-order valence-electron chi connectivity index (χ2n) is 5.35. The zero-order valence-corrected chi connectivity index (χ0v) is 11.8. The summed E-state index contributed by atoms with van der Waals surface area (Å²) in [6.07, 6.45) is 0.906. The molecule has 2 N–H and O–H groups in total. The second kappa shape index (κ2) is 5.80. The van der Waals surface area contributed by atoms with Crippen LogP contribution in [0.3, 0.4) is 0 Å². The SMILES string of the molecule is CCCNC(=O)c1cc(C)nc(NC(C)(C)C)n1. The Bertz CT molecular complexity index is 423. The van der Waals surface area contributed by atoms with Crippen molar-refractivity contribution in [3.63, 3.8) is 0 Å². The van der Waals surface area contributed by atoms with Crippen LogP contribution in [-0.2, 0) is 0 Å². The van der Waals surface area contributed by atoms with Gasteiger partial charge in [-0.05, 0) is 40.2 Å². The second-order valence-corrected chi connectivity index (χ2v) is 5.35. The van der Waals surface area contributed by atoms with Crippen LogP contribution in [0.1, 0.15) is 50.3 Å². The highest BCUT2D eigenvalue weighted by Gasteiger charge is 2.14. The Hall–Kier alpha value is -1.65. The summed E-state index contributed by atoms with van der Waals surface area (Å²) in [6.45, 7) is 10.6. The quantitative estimate of drug-likeness (QED) is 0.859. The summed E-state index contributed by atoms with van der Waals surface area (Å²) in [5.74, 6) is 0.337. The van der Waals surface area contributed by atoms with Crippen LogP contribution in [0.4, 0.5) is 5.95 Å². The molecule has 0 unspecified atom stereocenters. The summed E-state index contributed by atoms with van der Waals surface area (Å²) in [5.41, 5.74) is 1.05. The molecular formula is C13H22N4O. The number of amides is 1. The van der Waals surface area contributed by atoms with Gasteiger partial charge in [-0.1, -0.05) is 6.92 Å². The summed E-state index contributed by atoms with van der Waals surface area (Å²) < 4.78 is 0. The van der Waals surface area contributed by atoms with Crippen molar-refractivity contribution in [3.8, 4) is 0 Å². The first-order valence-electron chi connectivity index (χ1n) is 6.24. The van der Waals surface area contributed by atoms with E-state index in [2.05, 4.69) is 20.6 Å². The molecule has 0 aliphatic carbocycles. The van der Waals surface area contributed by atoms with Crippen molar-refractivity contribution in [2.24, 2.45) is 0 Å². The fraction of sp³-hybridized carbons (Fsp3) is 0.615. The minimum atomic E-state index is -0.153. The molecule has 0 fully saturated rings. The number of nitrogens with zero attached hydrogens (tertiary/aromatic N) is 2. The molecule has 18 heavy (non-hydrogen) atoms. The van der Waals surface area contributed by atoms with E-state index in [-0.39, 0.29) is 11.4 Å². The van der Waals surface area contributed by atoms with Crippen molar-refractivity contribution in [1.29, 1.82) is 0 Å². The molecule has 1 aromatic rings. The molecule has 100 valence electrons. The van der Waals surface area contributed by atoms with Gasteiger partial charge in [-0.3, -0.25) is 4.79 Å². The maximum Gasteiger partial charge on any atom is 0.270 e. The largest absolute Gasteiger partial charge is 0.351 e. The van der Waals surface area contributed by atoms with Crippen molar-refractivity contribution in [2.45, 2.75) is 46.6 Å². The summed E-state index contributed by atoms with van der Waals surface area (Å²) in [4.78, 5) is 20.4. The molecule has 0 aliphatic heterocycles. The molecule has 0 aliphatic rings. The van der Waals surface area contributed by atoms with E-state index in [9.17, 15) is 4.79 Å². The van der Waals surface area contributed by atoms with Crippen LogP contribution in [0.15, 0.2) is 6.07 Å². The van der Waals surface area contributed by atoms with Crippen LogP contribution in [0.2, 0.25) is 0 Å². The number of hydrogen-bond acceptors (Lipinski definition) is 4. The Labute approximate surface area is 108 Å². The Kier molecular flexibility index (Phi) is 4.64. The molecule has 0 radical (unpaired) electrons. The first-order chi connectivity index (χ1) is 8.31. The third kappa shape index (κ3) is 4.69. The highest BCUT2D eigenvalue weighted by atomic mass is 16.1. The number of carbonyl (C=O) groups is 1. The molecule has 0 atom stereocenters. The van der Waals surface area contributed by atoms with Crippen molar-refractivity contribution in [2.75, 3.05) is 11.9 Å². The standard InChI is InChI=1S/C13H22N4O/c1-6-7-14-11(18)10-8-9(2)15-12(16-10)17-13(3,4)5/h8H,6-7H2,1-5H3,(H,14,18)(H,15,16,17). The first-order valence-corrected chi connectivity index (χ1v) is 6.24. The van der Waals surface area contributed by atoms with Gasteiger partial charge in [-0.2, -0.15) is 0 Å². The van der Waals surface area contributed by atoms with Gasteiger partial charge in [0.2, 0.25) is 5.95 Å². The normalized spacial score (nSPS) is 11.2. The van der Waals surface area contributed by atoms with Crippen molar-refractivity contribution in [3.05, 3.63) is 17.5 Å². The number of nitrogens with one attached hydrogen (secondary N) is 2. The molecule has 1 heterocycles. The van der Waals surface area contributed by atoms with Gasteiger partial charge in [0.25, 0.3) is 5.91 Å². The highest BCUT2D eigenvalue weighted by Crippen LogP contribution is 2.11. The van der Waals surface area contributed by atoms with Crippen LogP contribution >= 0.6 is 0 Å². The Morgan fingerprint density at radius 3 is 2.56 bits per heavy atom. The van der Waals surface area contributed by atoms with Crippen LogP contribution < -0.4 is 10.6 Å². The molecule has 0 spiro atoms. The molecule has 0 bridgehead atoms. The predicted octanol–water partition coefficient (Wildman–Crippen LogP) is 2.14. The fourth-order valence-corrected chi connectivity index (χ4v) is 1.41. The summed E-state index contributed by atoms with van der Waals surface area (Å²) >= 11 is 0. The zero-order chi connectivity index (χ0) is 13.8. The Morgan fingerprint density at radius 1 is 1.33 bits per heavy atom. The van der Waals surface area contributed by atoms with E-state index < -0.39 is 0 Å². The number of anilines is 1. The van der Waals surface area contributed by atoms with Gasteiger partial charge < -0.3 is 10.6 Å². The lowest BCUT2D eigenvalue weighted by Gasteiger charge is -2.20. The third-order valence-corrected chi connectivity index (χ3v) is 2.11. The average molecular weight is 250 g/mol. The number of carbonyl (C=O) groups excluding carboxylic acids is 1. The number of hydrogen-bond donors (Lipinski definition) is 2. The maximum atomic E-state index is 11.8. The molecule has 0 aromatic carbocycles. The van der Waals surface area contributed by atoms with E-state index in [1.807, 2.05) is 34.6 Å². The molecule has 5 heteroatoms. The third-order valence-electron chi connectivity index (χ3n) is 2.11. The van der Waals surface area contributed by atoms with Gasteiger partial charge in [-0.15, -0.1) is 0 Å². The number of aromatic nitrogens is 2. The molecule has 1 amide bonds. The van der Waals surface area contributed by atoms with Gasteiger partial charge in [0.1, 0.15) is 5.69 Å². The van der Waals surface area contributed by atoms with Crippen LogP contribution in [0.25, 0.3) is 0 Å². The molecule has 0 saturated carbocycles. The van der Waals surface area contributed by atoms with E-state index in [0.717, 1.165) is 12.1 Å². The van der Waals surface area contributed by atoms with Gasteiger partial charge in [0.05, 0.1) is 0 Å². The van der Waals surface area contributed by atoms with Crippen molar-refractivity contribution < 1.29 is 4.79 Å². The van der Waals surface area contributed by atoms with Crippen LogP contribution in [0, 0.1) is 6.92 Å². The van der Waals surface area contributed by atoms with Crippen molar-refractivity contribution >= 4 is 11.9 Å². The molecular weight excluding hydrogens is 228 g/mol. The number of aryl methyl sites for hydroxylation is 1. The molecule has 0 saturated heterocycles. The Morgan fingerprint density at radius 2 is 2.00 bits per heavy atom. The topological polar surface area (TPSA) is 66.9 Å². The smallest absolute Gasteiger partial charge is 0.270 e. The minimum absolute atomic E-state index is 0.134. The highest BCUT2D eigenvalue weighted by molar-refractivity contribution is 5.92. The van der Waals surface area contributed by atoms with Crippen LogP contribution in [-0.4, -0.2) is 28.0 Å². The lowest BCUT2D eigenvalue weighted by molar-refractivity contribution is 0.0948. The van der Waals surface area contributed by atoms with E-state index in [1.165, 1.54) is 0 Å². The lowest BCUT2D eigenvalue weighted by Crippen LogP contribution is -2.29. The van der Waals surface area contributed by atoms with E-state index >= 15 is 0 Å². The predicted molar refractivity (Wildman–Crippen MR) is 72.8 cm³/mol. The van der Waals surface area contributed by atoms with Gasteiger partial charge in [-0.25, -0.2) is 9.97 Å². The minimum Gasteiger partial charge on any atom is -0.351 e. The van der Waals surface area contributed by atoms with Crippen molar-refractivity contribution in [1.82, 2.24) is 15.3 Å². The molecule has 5 nitrogen and oxygen atoms in total. The summed E-state index contributed by atoms with van der Waals surface area (Å²) in [6, 6.07) is 1.69. The van der Waals surface area contributed by atoms with Crippen LogP contribution in [0.5, 0.6) is 0 Å². The molecule has 1 aromatic heterocycles. The summed E-state index contributed by atoms with van der Waals surface area (Å²) in [5, 5.41) is 5.98. The van der Waals surface area contributed by atoms with Gasteiger partial charge in [0, 0.05) is 17.8 Å². The average Bonchev–Trinajstić information content (AvgIpc) is 2.22. The fourth-order valence-electron chi connectivity index (χ4n) is 1.41. The van der Waals surface area contributed by atoms with E-state index in [1.54, 1.807) is 6.07 Å². The maximum absolute atomic E-state index is 11.8. The lowest BCUT2D eigenvalue weighted by atomic mass is 10.1.